The van der Waals surface area contributed by atoms with Crippen LogP contribution in [0.5, 0.6) is 0 Å². The molecule has 2 N–H and O–H groups in total. The second-order valence-corrected chi connectivity index (χ2v) is 5.54. The molecule has 130 valence electrons. The fourth-order valence-electron chi connectivity index (χ4n) is 2.51. The number of hydrogen-bond donors (Lipinski definition) is 1. The smallest absolute Gasteiger partial charge is 0.330 e. The Morgan fingerprint density at radius 2 is 1.60 bits per heavy atom. The van der Waals surface area contributed by atoms with Gasteiger partial charge in [-0.1, -0.05) is 24.3 Å². The summed E-state index contributed by atoms with van der Waals surface area (Å²) in [7, 11) is 0. The van der Waals surface area contributed by atoms with Crippen molar-refractivity contribution in [3.05, 3.63) is 71.7 Å². The highest BCUT2D eigenvalue weighted by Crippen LogP contribution is 2.33. The van der Waals surface area contributed by atoms with Crippen molar-refractivity contribution in [2.75, 3.05) is 6.54 Å². The monoisotopic (exact) mass is 349 g/mol. The molecule has 0 aliphatic carbocycles. The van der Waals surface area contributed by atoms with E-state index in [1.807, 2.05) is 12.1 Å². The number of nitrogens with zero attached hydrogens (tertiary/aromatic N) is 2. The van der Waals surface area contributed by atoms with Gasteiger partial charge in [0.2, 0.25) is 0 Å². The van der Waals surface area contributed by atoms with Crippen LogP contribution >= 0.6 is 0 Å². The van der Waals surface area contributed by atoms with Crippen molar-refractivity contribution < 1.29 is 17.6 Å². The third kappa shape index (κ3) is 3.71. The lowest BCUT2D eigenvalue weighted by Gasteiger charge is -2.08. The van der Waals surface area contributed by atoms with Crippen LogP contribution in [0.2, 0.25) is 0 Å². The van der Waals surface area contributed by atoms with Crippen molar-refractivity contribution in [2.24, 2.45) is 5.73 Å². The van der Waals surface area contributed by atoms with Gasteiger partial charge in [0, 0.05) is 5.56 Å². The summed E-state index contributed by atoms with van der Waals surface area (Å²) in [4.78, 5) is 0. The number of hydrogen-bond acceptors (Lipinski definition) is 2. The fourth-order valence-corrected chi connectivity index (χ4v) is 2.51. The molecule has 0 bridgehead atoms. The second-order valence-electron chi connectivity index (χ2n) is 5.54. The molecule has 0 aliphatic rings. The van der Waals surface area contributed by atoms with Crippen molar-refractivity contribution in [1.82, 2.24) is 9.78 Å². The molecule has 25 heavy (non-hydrogen) atoms. The molecular formula is C18H15F4N3. The Hall–Kier alpha value is -2.67. The summed E-state index contributed by atoms with van der Waals surface area (Å²) in [5.74, 6) is -0.473. The van der Waals surface area contributed by atoms with E-state index in [1.54, 1.807) is 12.1 Å². The molecule has 7 heteroatoms. The molecule has 0 amide bonds. The molecule has 2 aromatic carbocycles. The summed E-state index contributed by atoms with van der Waals surface area (Å²) in [6, 6.07) is 13.2. The van der Waals surface area contributed by atoms with Gasteiger partial charge in [0.05, 0.1) is 11.4 Å². The van der Waals surface area contributed by atoms with Gasteiger partial charge < -0.3 is 5.73 Å². The molecule has 3 rings (SSSR count). The summed E-state index contributed by atoms with van der Waals surface area (Å²) in [6.07, 6.45) is -3.88. The van der Waals surface area contributed by atoms with Crippen molar-refractivity contribution in [2.45, 2.75) is 12.6 Å². The first-order chi connectivity index (χ1) is 11.9. The van der Waals surface area contributed by atoms with Gasteiger partial charge in [0.25, 0.3) is 0 Å². The number of aromatic nitrogens is 2. The van der Waals surface area contributed by atoms with Crippen molar-refractivity contribution >= 4 is 0 Å². The van der Waals surface area contributed by atoms with Gasteiger partial charge in [-0.05, 0) is 48.9 Å². The topological polar surface area (TPSA) is 43.8 Å². The third-order valence-corrected chi connectivity index (χ3v) is 3.75. The van der Waals surface area contributed by atoms with E-state index in [4.69, 9.17) is 5.73 Å². The number of nitrogens with two attached hydrogens (primary N) is 1. The van der Waals surface area contributed by atoms with Gasteiger partial charge in [0.15, 0.2) is 5.69 Å². The maximum absolute atomic E-state index is 13.1. The zero-order valence-corrected chi connectivity index (χ0v) is 13.1. The maximum atomic E-state index is 13.1. The largest absolute Gasteiger partial charge is 0.435 e. The third-order valence-electron chi connectivity index (χ3n) is 3.75. The lowest BCUT2D eigenvalue weighted by Crippen LogP contribution is -2.07. The highest BCUT2D eigenvalue weighted by atomic mass is 19.4. The first-order valence-electron chi connectivity index (χ1n) is 7.61. The van der Waals surface area contributed by atoms with E-state index in [2.05, 4.69) is 5.10 Å². The van der Waals surface area contributed by atoms with Crippen molar-refractivity contribution in [3.63, 3.8) is 0 Å². The van der Waals surface area contributed by atoms with E-state index < -0.39 is 17.7 Å². The Kier molecular flexibility index (Phi) is 4.59. The van der Waals surface area contributed by atoms with E-state index in [0.29, 0.717) is 24.2 Å². The van der Waals surface area contributed by atoms with E-state index >= 15 is 0 Å². The first kappa shape index (κ1) is 17.2. The van der Waals surface area contributed by atoms with Crippen molar-refractivity contribution in [3.8, 4) is 16.9 Å². The summed E-state index contributed by atoms with van der Waals surface area (Å²) in [6.45, 7) is 0.491. The molecule has 1 aromatic heterocycles. The van der Waals surface area contributed by atoms with Crippen LogP contribution in [0.15, 0.2) is 54.6 Å². The molecule has 0 fully saturated rings. The fraction of sp³-hybridized carbons (Fsp3) is 0.167. The van der Waals surface area contributed by atoms with Gasteiger partial charge in [-0.25, -0.2) is 9.07 Å². The summed E-state index contributed by atoms with van der Waals surface area (Å²) >= 11 is 0. The number of alkyl halides is 3. The molecule has 1 heterocycles. The van der Waals surface area contributed by atoms with Gasteiger partial charge in [0.1, 0.15) is 5.82 Å². The molecule has 3 nitrogen and oxygen atoms in total. The normalized spacial score (nSPS) is 11.7. The van der Waals surface area contributed by atoms with Crippen molar-refractivity contribution in [1.29, 1.82) is 0 Å². The number of benzene rings is 2. The molecule has 0 saturated carbocycles. The van der Waals surface area contributed by atoms with Crippen LogP contribution in [0.4, 0.5) is 17.6 Å². The quantitative estimate of drug-likeness (QED) is 0.718. The molecule has 0 saturated heterocycles. The van der Waals surface area contributed by atoms with Gasteiger partial charge in [-0.15, -0.1) is 0 Å². The minimum atomic E-state index is -4.57. The van der Waals surface area contributed by atoms with Crippen LogP contribution in [0.3, 0.4) is 0 Å². The maximum Gasteiger partial charge on any atom is 0.435 e. The van der Waals surface area contributed by atoms with Crippen LogP contribution in [0.25, 0.3) is 16.9 Å². The van der Waals surface area contributed by atoms with E-state index in [1.165, 1.54) is 28.9 Å². The first-order valence-corrected chi connectivity index (χ1v) is 7.61. The van der Waals surface area contributed by atoms with Crippen LogP contribution in [0.1, 0.15) is 11.3 Å². The van der Waals surface area contributed by atoms with Gasteiger partial charge in [-0.3, -0.25) is 0 Å². The van der Waals surface area contributed by atoms with Crippen LogP contribution in [0, 0.1) is 5.82 Å². The van der Waals surface area contributed by atoms with E-state index in [9.17, 15) is 17.6 Å². The average molecular weight is 349 g/mol. The standard InChI is InChI=1S/C18H15F4N3/c19-14-5-7-15(8-6-14)25-16(11-17(24-25)18(20,21)22)13-3-1-12(2-4-13)9-10-23/h1-8,11H,9-10,23H2. The second kappa shape index (κ2) is 6.68. The number of halogens is 4. The minimum Gasteiger partial charge on any atom is -0.330 e. The Bertz CT molecular complexity index is 850. The SMILES string of the molecule is NCCc1ccc(-c2cc(C(F)(F)F)nn2-c2ccc(F)cc2)cc1. The van der Waals surface area contributed by atoms with E-state index in [0.717, 1.165) is 11.6 Å². The Morgan fingerprint density at radius 1 is 0.960 bits per heavy atom. The van der Waals surface area contributed by atoms with Gasteiger partial charge >= 0.3 is 6.18 Å². The summed E-state index contributed by atoms with van der Waals surface area (Å²) in [5, 5.41) is 3.67. The summed E-state index contributed by atoms with van der Waals surface area (Å²) in [5.41, 5.74) is 6.70. The Labute approximate surface area is 141 Å². The molecule has 0 aliphatic heterocycles. The minimum absolute atomic E-state index is 0.276. The molecule has 0 atom stereocenters. The van der Waals surface area contributed by atoms with Gasteiger partial charge in [-0.2, -0.15) is 18.3 Å². The number of rotatable bonds is 4. The Balaban J connectivity index is 2.10. The molecule has 0 radical (unpaired) electrons. The zero-order valence-electron chi connectivity index (χ0n) is 13.1. The molecule has 0 spiro atoms. The highest BCUT2D eigenvalue weighted by Gasteiger charge is 2.35. The molecule has 0 unspecified atom stereocenters. The predicted octanol–water partition coefficient (Wildman–Crippen LogP) is 4.20. The lowest BCUT2D eigenvalue weighted by atomic mass is 10.1. The van der Waals surface area contributed by atoms with Crippen LogP contribution in [-0.4, -0.2) is 16.3 Å². The zero-order chi connectivity index (χ0) is 18.0. The van der Waals surface area contributed by atoms with Crippen LogP contribution < -0.4 is 5.73 Å². The average Bonchev–Trinajstić information content (AvgIpc) is 3.02. The molecule has 3 aromatic rings. The summed E-state index contributed by atoms with van der Waals surface area (Å²) < 4.78 is 53.6. The predicted molar refractivity (Wildman–Crippen MR) is 86.7 cm³/mol. The van der Waals surface area contributed by atoms with E-state index in [-0.39, 0.29) is 5.69 Å². The van der Waals surface area contributed by atoms with Crippen LogP contribution in [-0.2, 0) is 12.6 Å². The highest BCUT2D eigenvalue weighted by molar-refractivity contribution is 5.63. The lowest BCUT2D eigenvalue weighted by molar-refractivity contribution is -0.141. The Morgan fingerprint density at radius 3 is 2.16 bits per heavy atom. The molecular weight excluding hydrogens is 334 g/mol.